The van der Waals surface area contributed by atoms with E-state index in [9.17, 15) is 22.8 Å². The van der Waals surface area contributed by atoms with Crippen LogP contribution in [0, 0.1) is 0 Å². The van der Waals surface area contributed by atoms with Crippen LogP contribution < -0.4 is 10.6 Å². The SMILES string of the molecule is O=C=C1NC=Cc2c1cccc2-n1ncc(C(=O)Nc2ccnc(C3CC3)c2)c1C(F)(F)F. The number of hydrogen-bond acceptors (Lipinski definition) is 5. The van der Waals surface area contributed by atoms with Crippen LogP contribution in [0.15, 0.2) is 48.9 Å². The molecule has 3 heterocycles. The third-order valence-corrected chi connectivity index (χ3v) is 5.48. The van der Waals surface area contributed by atoms with Crippen LogP contribution in [0.4, 0.5) is 18.9 Å². The van der Waals surface area contributed by atoms with E-state index < -0.39 is 23.3 Å². The number of nitrogens with one attached hydrogen (secondary N) is 2. The van der Waals surface area contributed by atoms with Crippen LogP contribution in [0.1, 0.15) is 51.6 Å². The number of anilines is 1. The molecule has 2 N–H and O–H groups in total. The van der Waals surface area contributed by atoms with Crippen LogP contribution >= 0.6 is 0 Å². The van der Waals surface area contributed by atoms with Crippen molar-refractivity contribution in [3.63, 3.8) is 0 Å². The Hall–Kier alpha value is -4.17. The minimum Gasteiger partial charge on any atom is -0.352 e. The summed E-state index contributed by atoms with van der Waals surface area (Å²) in [4.78, 5) is 28.3. The summed E-state index contributed by atoms with van der Waals surface area (Å²) in [5, 5.41) is 9.12. The number of carbonyl (C=O) groups is 1. The standard InChI is InChI=1S/C23H16F3N5O2/c24-23(25,26)21-17(22(33)30-14-6-8-27-18(10-14)13-4-5-13)11-29-31(21)20-3-1-2-15-16(20)7-9-28-19(15)12-32/h1-3,6-11,13,28H,4-5H2,(H,27,30,33). The number of carbonyl (C=O) groups excluding carboxylic acids is 2. The van der Waals surface area contributed by atoms with Gasteiger partial charge in [-0.2, -0.15) is 18.3 Å². The van der Waals surface area contributed by atoms with E-state index in [-0.39, 0.29) is 11.4 Å². The van der Waals surface area contributed by atoms with Gasteiger partial charge in [0.25, 0.3) is 5.91 Å². The molecule has 2 aliphatic rings. The zero-order valence-corrected chi connectivity index (χ0v) is 17.0. The summed E-state index contributed by atoms with van der Waals surface area (Å²) in [6, 6.07) is 7.72. The van der Waals surface area contributed by atoms with Crippen molar-refractivity contribution in [3.8, 4) is 5.69 Å². The van der Waals surface area contributed by atoms with Crippen molar-refractivity contribution in [1.29, 1.82) is 0 Å². The Kier molecular flexibility index (Phi) is 4.87. The summed E-state index contributed by atoms with van der Waals surface area (Å²) in [5.74, 6) is 1.13. The minimum atomic E-state index is -4.87. The molecule has 0 atom stereocenters. The van der Waals surface area contributed by atoms with Gasteiger partial charge in [-0.3, -0.25) is 9.78 Å². The zero-order valence-electron chi connectivity index (χ0n) is 17.0. The second-order valence-corrected chi connectivity index (χ2v) is 7.71. The van der Waals surface area contributed by atoms with Crippen LogP contribution in [-0.4, -0.2) is 26.6 Å². The van der Waals surface area contributed by atoms with E-state index in [2.05, 4.69) is 20.7 Å². The first-order valence-corrected chi connectivity index (χ1v) is 10.1. The smallest absolute Gasteiger partial charge is 0.352 e. The third-order valence-electron chi connectivity index (χ3n) is 5.48. The first kappa shape index (κ1) is 20.7. The van der Waals surface area contributed by atoms with E-state index in [1.54, 1.807) is 18.1 Å². The number of alkyl halides is 3. The summed E-state index contributed by atoms with van der Waals surface area (Å²) in [6.07, 6.45) is 2.50. The molecule has 166 valence electrons. The Labute approximate surface area is 185 Å². The molecule has 33 heavy (non-hydrogen) atoms. The van der Waals surface area contributed by atoms with Crippen LogP contribution in [0.2, 0.25) is 0 Å². The first-order chi connectivity index (χ1) is 15.9. The van der Waals surface area contributed by atoms with Gasteiger partial charge in [0.1, 0.15) is 5.70 Å². The van der Waals surface area contributed by atoms with Gasteiger partial charge in [0.05, 0.1) is 17.4 Å². The fourth-order valence-electron chi connectivity index (χ4n) is 3.80. The number of benzene rings is 1. The van der Waals surface area contributed by atoms with Crippen LogP contribution in [0.25, 0.3) is 17.5 Å². The molecule has 1 aromatic carbocycles. The summed E-state index contributed by atoms with van der Waals surface area (Å²) in [5.41, 5.74) is 0.228. The number of pyridine rings is 1. The number of amides is 1. The van der Waals surface area contributed by atoms with Crippen molar-refractivity contribution in [3.05, 3.63) is 77.0 Å². The Morgan fingerprint density at radius 2 is 2.06 bits per heavy atom. The molecule has 0 bridgehead atoms. The zero-order chi connectivity index (χ0) is 23.2. The van der Waals surface area contributed by atoms with Crippen molar-refractivity contribution in [2.24, 2.45) is 0 Å². The number of halogens is 3. The highest BCUT2D eigenvalue weighted by atomic mass is 19.4. The van der Waals surface area contributed by atoms with Gasteiger partial charge in [-0.1, -0.05) is 12.1 Å². The molecule has 7 nitrogen and oxygen atoms in total. The molecule has 5 rings (SSSR count). The average Bonchev–Trinajstić information content (AvgIpc) is 3.55. The van der Waals surface area contributed by atoms with Gasteiger partial charge in [-0.15, -0.1) is 0 Å². The maximum atomic E-state index is 14.1. The van der Waals surface area contributed by atoms with Crippen molar-refractivity contribution in [2.45, 2.75) is 24.9 Å². The number of nitrogens with zero attached hydrogens (tertiary/aromatic N) is 3. The third kappa shape index (κ3) is 3.81. The van der Waals surface area contributed by atoms with E-state index in [1.807, 2.05) is 0 Å². The molecule has 3 aromatic rings. The van der Waals surface area contributed by atoms with Gasteiger partial charge < -0.3 is 10.6 Å². The molecule has 1 saturated carbocycles. The molecular weight excluding hydrogens is 435 g/mol. The van der Waals surface area contributed by atoms with Crippen LogP contribution in [-0.2, 0) is 11.0 Å². The quantitative estimate of drug-likeness (QED) is 0.582. The molecule has 1 fully saturated rings. The second-order valence-electron chi connectivity index (χ2n) is 7.71. The number of fused-ring (bicyclic) bond motifs is 1. The van der Waals surface area contributed by atoms with Crippen molar-refractivity contribution in [1.82, 2.24) is 20.1 Å². The van der Waals surface area contributed by atoms with Crippen LogP contribution in [0.3, 0.4) is 0 Å². The summed E-state index contributed by atoms with van der Waals surface area (Å²) in [7, 11) is 0. The Morgan fingerprint density at radius 1 is 1.24 bits per heavy atom. The largest absolute Gasteiger partial charge is 0.434 e. The Morgan fingerprint density at radius 3 is 2.79 bits per heavy atom. The Balaban J connectivity index is 1.57. The van der Waals surface area contributed by atoms with Crippen molar-refractivity contribution < 1.29 is 22.8 Å². The lowest BCUT2D eigenvalue weighted by Crippen LogP contribution is -2.21. The lowest BCUT2D eigenvalue weighted by molar-refractivity contribution is -0.143. The average molecular weight is 451 g/mol. The topological polar surface area (TPSA) is 88.9 Å². The number of aromatic nitrogens is 3. The highest BCUT2D eigenvalue weighted by Crippen LogP contribution is 2.40. The summed E-state index contributed by atoms with van der Waals surface area (Å²) < 4.78 is 43.1. The fraction of sp³-hybridized carbons (Fsp3) is 0.174. The van der Waals surface area contributed by atoms with E-state index in [4.69, 9.17) is 0 Å². The Bertz CT molecular complexity index is 1350. The first-order valence-electron chi connectivity index (χ1n) is 10.1. The summed E-state index contributed by atoms with van der Waals surface area (Å²) >= 11 is 0. The predicted molar refractivity (Wildman–Crippen MR) is 114 cm³/mol. The molecule has 0 saturated heterocycles. The van der Waals surface area contributed by atoms with Crippen molar-refractivity contribution >= 4 is 29.3 Å². The van der Waals surface area contributed by atoms with E-state index in [1.165, 1.54) is 36.7 Å². The van der Waals surface area contributed by atoms with Crippen molar-refractivity contribution in [2.75, 3.05) is 5.32 Å². The molecule has 10 heteroatoms. The lowest BCUT2D eigenvalue weighted by Gasteiger charge is -2.19. The molecule has 0 radical (unpaired) electrons. The highest BCUT2D eigenvalue weighted by Gasteiger charge is 2.41. The highest BCUT2D eigenvalue weighted by molar-refractivity contribution is 6.05. The monoisotopic (exact) mass is 451 g/mol. The molecule has 1 amide bonds. The molecule has 1 aliphatic heterocycles. The van der Waals surface area contributed by atoms with Gasteiger partial charge in [0.2, 0.25) is 0 Å². The molecule has 0 unspecified atom stereocenters. The lowest BCUT2D eigenvalue weighted by atomic mass is 10.0. The molecular formula is C23H16F3N5O2. The molecule has 2 aromatic heterocycles. The van der Waals surface area contributed by atoms with E-state index in [0.29, 0.717) is 27.4 Å². The van der Waals surface area contributed by atoms with Gasteiger partial charge in [-0.25, -0.2) is 9.48 Å². The van der Waals surface area contributed by atoms with Gasteiger partial charge in [0, 0.05) is 40.8 Å². The maximum Gasteiger partial charge on any atom is 0.434 e. The van der Waals surface area contributed by atoms with Crippen LogP contribution in [0.5, 0.6) is 0 Å². The summed E-state index contributed by atoms with van der Waals surface area (Å²) in [6.45, 7) is 0. The predicted octanol–water partition coefficient (Wildman–Crippen LogP) is 4.16. The minimum absolute atomic E-state index is 0.0734. The van der Waals surface area contributed by atoms with E-state index in [0.717, 1.165) is 24.7 Å². The van der Waals surface area contributed by atoms with Gasteiger partial charge in [-0.05, 0) is 37.1 Å². The number of rotatable bonds is 4. The number of hydrogen-bond donors (Lipinski definition) is 2. The maximum absolute atomic E-state index is 14.1. The second kappa shape index (κ2) is 7.75. The van der Waals surface area contributed by atoms with Gasteiger partial charge >= 0.3 is 6.18 Å². The molecule has 0 spiro atoms. The fourth-order valence-corrected chi connectivity index (χ4v) is 3.80. The van der Waals surface area contributed by atoms with Gasteiger partial charge in [0.15, 0.2) is 11.6 Å². The van der Waals surface area contributed by atoms with E-state index >= 15 is 0 Å². The molecule has 1 aliphatic carbocycles. The normalized spacial score (nSPS) is 14.9.